The summed E-state index contributed by atoms with van der Waals surface area (Å²) < 4.78 is 11.6. The lowest BCUT2D eigenvalue weighted by Gasteiger charge is -2.28. The molecule has 0 aliphatic heterocycles. The predicted octanol–water partition coefficient (Wildman–Crippen LogP) is 0.785. The molecule has 9 heteroatoms. The van der Waals surface area contributed by atoms with Crippen LogP contribution in [0.5, 0.6) is 0 Å². The van der Waals surface area contributed by atoms with Crippen molar-refractivity contribution in [2.75, 3.05) is 33.1 Å². The summed E-state index contributed by atoms with van der Waals surface area (Å²) in [5.74, 6) is -3.15. The Morgan fingerprint density at radius 3 is 2.05 bits per heavy atom. The summed E-state index contributed by atoms with van der Waals surface area (Å²) in [6.45, 7) is 5.79. The lowest BCUT2D eigenvalue weighted by molar-refractivity contribution is -0.191. The molecule has 2 atom stereocenters. The summed E-state index contributed by atoms with van der Waals surface area (Å²) in [5, 5.41) is 19.1. The highest BCUT2D eigenvalue weighted by atomic mass is 31.2. The quantitative estimate of drug-likeness (QED) is 0.384. The first-order chi connectivity index (χ1) is 9.90. The molecule has 2 N–H and O–H groups in total. The molecule has 0 saturated heterocycles. The van der Waals surface area contributed by atoms with E-state index in [4.69, 9.17) is 5.11 Å². The molecule has 0 bridgehead atoms. The Kier molecular flexibility index (Phi) is 7.76. The van der Waals surface area contributed by atoms with Gasteiger partial charge in [0.25, 0.3) is 5.91 Å². The van der Waals surface area contributed by atoms with Gasteiger partial charge in [-0.2, -0.15) is 0 Å². The van der Waals surface area contributed by atoms with Crippen LogP contribution in [0.3, 0.4) is 0 Å². The average molecular weight is 336 g/mol. The largest absolute Gasteiger partial charge is 0.480 e. The molecule has 22 heavy (non-hydrogen) atoms. The Morgan fingerprint density at radius 2 is 1.68 bits per heavy atom. The molecule has 0 heterocycles. The van der Waals surface area contributed by atoms with E-state index < -0.39 is 43.4 Å². The van der Waals surface area contributed by atoms with E-state index in [2.05, 4.69) is 0 Å². The number of carboxylic acids is 1. The summed E-state index contributed by atoms with van der Waals surface area (Å²) in [7, 11) is -1.23. The van der Waals surface area contributed by atoms with Gasteiger partial charge in [0.15, 0.2) is 6.04 Å². The van der Waals surface area contributed by atoms with Crippen LogP contribution in [0.2, 0.25) is 0 Å². The molecular formula is C13H25N2O6P. The molecule has 8 nitrogen and oxygen atoms in total. The molecule has 0 aromatic carbocycles. The van der Waals surface area contributed by atoms with Crippen molar-refractivity contribution in [1.29, 1.82) is 0 Å². The van der Waals surface area contributed by atoms with Crippen LogP contribution in [-0.2, 0) is 18.9 Å². The Morgan fingerprint density at radius 1 is 1.18 bits per heavy atom. The van der Waals surface area contributed by atoms with Crippen molar-refractivity contribution in [3.63, 3.8) is 0 Å². The standard InChI is InChI=1S/C13H25N2O6P/c1-6-9(2)12(13(18)19)15(20)10(16)7-14(3)11(17)8-22(4,5)21/h9,12,20H,6-8H2,1-5H3,(H,18,19). The van der Waals surface area contributed by atoms with Gasteiger partial charge in [0.1, 0.15) is 6.54 Å². The number of hydrogen-bond acceptors (Lipinski definition) is 5. The number of likely N-dealkylation sites (N-methyl/N-ethyl adjacent to an activating group) is 1. The number of nitrogens with zero attached hydrogens (tertiary/aromatic N) is 2. The first kappa shape index (κ1) is 20.6. The molecule has 0 spiro atoms. The molecular weight excluding hydrogens is 311 g/mol. The van der Waals surface area contributed by atoms with Crippen molar-refractivity contribution in [2.24, 2.45) is 5.92 Å². The van der Waals surface area contributed by atoms with Crippen LogP contribution in [0.15, 0.2) is 0 Å². The van der Waals surface area contributed by atoms with Crippen molar-refractivity contribution in [3.8, 4) is 0 Å². The smallest absolute Gasteiger partial charge is 0.329 e. The third-order valence-electron chi connectivity index (χ3n) is 3.27. The summed E-state index contributed by atoms with van der Waals surface area (Å²) in [6, 6.07) is -1.37. The lowest BCUT2D eigenvalue weighted by Crippen LogP contribution is -2.50. The van der Waals surface area contributed by atoms with Gasteiger partial charge in [-0.15, -0.1) is 0 Å². The number of aliphatic carboxylic acids is 1. The van der Waals surface area contributed by atoms with Crippen molar-refractivity contribution in [2.45, 2.75) is 26.3 Å². The second-order valence-corrected chi connectivity index (χ2v) is 9.35. The molecule has 0 aliphatic carbocycles. The zero-order chi connectivity index (χ0) is 17.7. The van der Waals surface area contributed by atoms with Gasteiger partial charge in [-0.05, 0) is 19.2 Å². The fourth-order valence-corrected chi connectivity index (χ4v) is 2.67. The van der Waals surface area contributed by atoms with E-state index in [0.29, 0.717) is 6.42 Å². The lowest BCUT2D eigenvalue weighted by atomic mass is 9.99. The second-order valence-electron chi connectivity index (χ2n) is 5.89. The molecule has 0 aliphatic rings. The fraction of sp³-hybridized carbons (Fsp3) is 0.769. The minimum absolute atomic E-state index is 0.164. The van der Waals surface area contributed by atoms with Crippen LogP contribution < -0.4 is 0 Å². The summed E-state index contributed by atoms with van der Waals surface area (Å²) >= 11 is 0. The van der Waals surface area contributed by atoms with Gasteiger partial charge in [-0.3, -0.25) is 14.8 Å². The number of amides is 2. The maximum Gasteiger partial charge on any atom is 0.329 e. The number of hydroxylamine groups is 2. The Labute approximate surface area is 130 Å². The van der Waals surface area contributed by atoms with E-state index in [9.17, 15) is 24.2 Å². The van der Waals surface area contributed by atoms with Crippen molar-refractivity contribution < 1.29 is 29.3 Å². The van der Waals surface area contributed by atoms with Crippen LogP contribution in [0.25, 0.3) is 0 Å². The van der Waals surface area contributed by atoms with Gasteiger partial charge in [0, 0.05) is 7.05 Å². The minimum Gasteiger partial charge on any atom is -0.480 e. The molecule has 0 fully saturated rings. The Hall–Kier alpha value is -1.40. The normalized spacial score (nSPS) is 14.1. The van der Waals surface area contributed by atoms with Crippen LogP contribution >= 0.6 is 7.14 Å². The number of carboxylic acid groups (broad SMARTS) is 1. The highest BCUT2D eigenvalue weighted by molar-refractivity contribution is 7.63. The second kappa shape index (κ2) is 8.29. The van der Waals surface area contributed by atoms with Crippen LogP contribution in [0.4, 0.5) is 0 Å². The first-order valence-electron chi connectivity index (χ1n) is 6.92. The molecule has 128 valence electrons. The number of carbonyl (C=O) groups excluding carboxylic acids is 2. The van der Waals surface area contributed by atoms with Crippen LogP contribution in [-0.4, -0.2) is 77.2 Å². The topological polar surface area (TPSA) is 115 Å². The summed E-state index contributed by atoms with van der Waals surface area (Å²) in [6.07, 6.45) is 0.279. The van der Waals surface area contributed by atoms with Gasteiger partial charge in [0.05, 0.1) is 13.3 Å². The third kappa shape index (κ3) is 6.58. The van der Waals surface area contributed by atoms with Gasteiger partial charge in [-0.1, -0.05) is 20.3 Å². The Balaban J connectivity index is 4.86. The molecule has 0 saturated carbocycles. The van der Waals surface area contributed by atoms with Crippen LogP contribution in [0, 0.1) is 5.92 Å². The SMILES string of the molecule is CCC(C)C(C(=O)O)N(O)C(=O)CN(C)C(=O)CP(C)(C)=O. The van der Waals surface area contributed by atoms with E-state index in [1.54, 1.807) is 13.8 Å². The van der Waals surface area contributed by atoms with Gasteiger partial charge in [0.2, 0.25) is 5.91 Å². The van der Waals surface area contributed by atoms with Gasteiger partial charge in [-0.25, -0.2) is 9.86 Å². The number of rotatable bonds is 8. The maximum absolute atomic E-state index is 11.9. The van der Waals surface area contributed by atoms with E-state index in [1.807, 2.05) is 0 Å². The van der Waals surface area contributed by atoms with E-state index >= 15 is 0 Å². The van der Waals surface area contributed by atoms with Crippen LogP contribution in [0.1, 0.15) is 20.3 Å². The van der Waals surface area contributed by atoms with Crippen molar-refractivity contribution in [1.82, 2.24) is 9.96 Å². The van der Waals surface area contributed by atoms with Crippen molar-refractivity contribution >= 4 is 24.9 Å². The highest BCUT2D eigenvalue weighted by Crippen LogP contribution is 2.35. The fourth-order valence-electron chi connectivity index (χ4n) is 1.78. The molecule has 2 unspecified atom stereocenters. The minimum atomic E-state index is -2.57. The third-order valence-corrected chi connectivity index (χ3v) is 4.30. The van der Waals surface area contributed by atoms with E-state index in [0.717, 1.165) is 4.90 Å². The van der Waals surface area contributed by atoms with Gasteiger partial charge < -0.3 is 14.6 Å². The Bertz CT molecular complexity index is 475. The van der Waals surface area contributed by atoms with E-state index in [-0.39, 0.29) is 11.2 Å². The first-order valence-corrected chi connectivity index (χ1v) is 9.71. The van der Waals surface area contributed by atoms with Gasteiger partial charge >= 0.3 is 5.97 Å². The van der Waals surface area contributed by atoms with Crippen molar-refractivity contribution in [3.05, 3.63) is 0 Å². The summed E-state index contributed by atoms with van der Waals surface area (Å²) in [5.41, 5.74) is 0. The molecule has 2 amide bonds. The highest BCUT2D eigenvalue weighted by Gasteiger charge is 2.33. The molecule has 0 aromatic rings. The average Bonchev–Trinajstić information content (AvgIpc) is 2.35. The predicted molar refractivity (Wildman–Crippen MR) is 81.5 cm³/mol. The maximum atomic E-state index is 11.9. The zero-order valence-electron chi connectivity index (χ0n) is 13.6. The molecule has 0 radical (unpaired) electrons. The summed E-state index contributed by atoms with van der Waals surface area (Å²) in [4.78, 5) is 35.9. The number of hydrogen-bond donors (Lipinski definition) is 2. The molecule has 0 aromatic heterocycles. The van der Waals surface area contributed by atoms with E-state index in [1.165, 1.54) is 20.4 Å². The monoisotopic (exact) mass is 336 g/mol. The zero-order valence-corrected chi connectivity index (χ0v) is 14.5. The molecule has 0 rings (SSSR count). The number of carbonyl (C=O) groups is 3.